The number of carbonyl (C=O) groups is 2. The Morgan fingerprint density at radius 2 is 0.643 bits per heavy atom. The first-order valence-corrected chi connectivity index (χ1v) is 29.8. The topological polar surface area (TPSA) is 61.8 Å². The van der Waals surface area contributed by atoms with Crippen molar-refractivity contribution in [2.75, 3.05) is 19.8 Å². The first-order valence-electron chi connectivity index (χ1n) is 29.8. The number of rotatable bonds is 54. The Hall–Kier alpha value is -3.18. The first-order chi connectivity index (χ1) is 34.6. The summed E-state index contributed by atoms with van der Waals surface area (Å²) in [6.07, 6.45) is 81.4. The summed E-state index contributed by atoms with van der Waals surface area (Å²) in [6, 6.07) is 0. The van der Waals surface area contributed by atoms with E-state index < -0.39 is 6.10 Å². The molecule has 0 radical (unpaired) electrons. The third-order valence-corrected chi connectivity index (χ3v) is 12.6. The van der Waals surface area contributed by atoms with Crippen molar-refractivity contribution in [3.63, 3.8) is 0 Å². The van der Waals surface area contributed by atoms with Gasteiger partial charge in [-0.25, -0.2) is 0 Å². The van der Waals surface area contributed by atoms with Crippen LogP contribution in [0.2, 0.25) is 0 Å². The molecule has 0 aliphatic heterocycles. The highest BCUT2D eigenvalue weighted by Crippen LogP contribution is 2.14. The molecular formula is C65H112O5. The molecule has 0 spiro atoms. The van der Waals surface area contributed by atoms with E-state index in [1.54, 1.807) is 0 Å². The maximum atomic E-state index is 12.9. The molecule has 5 nitrogen and oxygen atoms in total. The molecule has 0 aromatic rings. The molecule has 0 saturated heterocycles. The van der Waals surface area contributed by atoms with E-state index in [1.807, 2.05) is 0 Å². The molecule has 70 heavy (non-hydrogen) atoms. The molecule has 0 aromatic heterocycles. The van der Waals surface area contributed by atoms with Crippen molar-refractivity contribution in [3.8, 4) is 0 Å². The van der Waals surface area contributed by atoms with Gasteiger partial charge in [0.15, 0.2) is 6.10 Å². The lowest BCUT2D eigenvalue weighted by Gasteiger charge is -2.18. The number of allylic oxidation sites excluding steroid dienone is 16. The molecule has 0 saturated carbocycles. The maximum Gasteiger partial charge on any atom is 0.306 e. The van der Waals surface area contributed by atoms with Crippen molar-refractivity contribution in [2.24, 2.45) is 0 Å². The summed E-state index contributed by atoms with van der Waals surface area (Å²) in [6.45, 7) is 7.65. The molecule has 0 bridgehead atoms. The number of ether oxygens (including phenoxy) is 3. The number of esters is 2. The van der Waals surface area contributed by atoms with E-state index in [9.17, 15) is 9.59 Å². The van der Waals surface area contributed by atoms with Crippen LogP contribution in [0.25, 0.3) is 0 Å². The van der Waals surface area contributed by atoms with Crippen LogP contribution >= 0.6 is 0 Å². The van der Waals surface area contributed by atoms with Gasteiger partial charge in [-0.15, -0.1) is 0 Å². The lowest BCUT2D eigenvalue weighted by atomic mass is 10.1. The van der Waals surface area contributed by atoms with Gasteiger partial charge in [-0.2, -0.15) is 0 Å². The van der Waals surface area contributed by atoms with Crippen LogP contribution in [0, 0.1) is 0 Å². The molecule has 0 rings (SSSR count). The third kappa shape index (κ3) is 57.4. The molecule has 0 amide bonds. The zero-order valence-corrected chi connectivity index (χ0v) is 46.3. The average molecular weight is 974 g/mol. The molecule has 0 aliphatic rings. The van der Waals surface area contributed by atoms with Crippen LogP contribution < -0.4 is 0 Å². The summed E-state index contributed by atoms with van der Waals surface area (Å²) >= 11 is 0. The lowest BCUT2D eigenvalue weighted by molar-refractivity contribution is -0.163. The molecule has 1 unspecified atom stereocenters. The summed E-state index contributed by atoms with van der Waals surface area (Å²) in [4.78, 5) is 25.6. The predicted molar refractivity (Wildman–Crippen MR) is 306 cm³/mol. The minimum absolute atomic E-state index is 0.0682. The van der Waals surface area contributed by atoms with Gasteiger partial charge in [0.25, 0.3) is 0 Å². The Balaban J connectivity index is 4.34. The second-order valence-corrected chi connectivity index (χ2v) is 19.5. The summed E-state index contributed by atoms with van der Waals surface area (Å²) in [5.74, 6) is -0.422. The van der Waals surface area contributed by atoms with Crippen LogP contribution in [0.3, 0.4) is 0 Å². The monoisotopic (exact) mass is 973 g/mol. The van der Waals surface area contributed by atoms with Crippen molar-refractivity contribution in [3.05, 3.63) is 97.2 Å². The molecule has 0 aromatic carbocycles. The quantitative estimate of drug-likeness (QED) is 0.0345. The van der Waals surface area contributed by atoms with Crippen molar-refractivity contribution in [2.45, 2.75) is 284 Å². The maximum absolute atomic E-state index is 12.9. The Morgan fingerprint density at radius 3 is 1.03 bits per heavy atom. The minimum atomic E-state index is -0.556. The average Bonchev–Trinajstić information content (AvgIpc) is 3.36. The van der Waals surface area contributed by atoms with Crippen LogP contribution in [0.1, 0.15) is 278 Å². The first kappa shape index (κ1) is 66.8. The van der Waals surface area contributed by atoms with Gasteiger partial charge in [-0.3, -0.25) is 9.59 Å². The molecular weight excluding hydrogens is 861 g/mol. The van der Waals surface area contributed by atoms with Crippen molar-refractivity contribution in [1.29, 1.82) is 0 Å². The highest BCUT2D eigenvalue weighted by atomic mass is 16.6. The fourth-order valence-electron chi connectivity index (χ4n) is 8.15. The summed E-state index contributed by atoms with van der Waals surface area (Å²) in [5.41, 5.74) is 0. The van der Waals surface area contributed by atoms with E-state index in [-0.39, 0.29) is 25.2 Å². The molecule has 0 heterocycles. The van der Waals surface area contributed by atoms with Gasteiger partial charge in [-0.1, -0.05) is 240 Å². The Bertz CT molecular complexity index is 1330. The van der Waals surface area contributed by atoms with E-state index in [2.05, 4.69) is 118 Å². The molecule has 402 valence electrons. The van der Waals surface area contributed by atoms with Crippen molar-refractivity contribution in [1.82, 2.24) is 0 Å². The molecule has 5 heteroatoms. The second kappa shape index (κ2) is 60.1. The van der Waals surface area contributed by atoms with E-state index in [0.29, 0.717) is 19.4 Å². The number of hydrogen-bond donors (Lipinski definition) is 0. The predicted octanol–water partition coefficient (Wildman–Crippen LogP) is 20.6. The molecule has 0 N–H and O–H groups in total. The fraction of sp³-hybridized carbons (Fsp3) is 0.723. The summed E-state index contributed by atoms with van der Waals surface area (Å²) in [5, 5.41) is 0. The number of carbonyl (C=O) groups excluding carboxylic acids is 2. The Labute approximate surface area is 434 Å². The fourth-order valence-corrected chi connectivity index (χ4v) is 8.15. The van der Waals surface area contributed by atoms with E-state index in [1.165, 1.54) is 148 Å². The van der Waals surface area contributed by atoms with Crippen LogP contribution in [-0.2, 0) is 23.8 Å². The Morgan fingerprint density at radius 1 is 0.329 bits per heavy atom. The van der Waals surface area contributed by atoms with E-state index >= 15 is 0 Å². The smallest absolute Gasteiger partial charge is 0.306 e. The zero-order chi connectivity index (χ0) is 50.6. The second-order valence-electron chi connectivity index (χ2n) is 19.5. The molecule has 1 atom stereocenters. The highest BCUT2D eigenvalue weighted by Gasteiger charge is 2.17. The van der Waals surface area contributed by atoms with Crippen LogP contribution in [-0.4, -0.2) is 37.9 Å². The third-order valence-electron chi connectivity index (χ3n) is 12.6. The van der Waals surface area contributed by atoms with Gasteiger partial charge in [0, 0.05) is 19.4 Å². The summed E-state index contributed by atoms with van der Waals surface area (Å²) in [7, 11) is 0. The van der Waals surface area contributed by atoms with Gasteiger partial charge < -0.3 is 14.2 Å². The van der Waals surface area contributed by atoms with E-state index in [0.717, 1.165) is 96.3 Å². The summed E-state index contributed by atoms with van der Waals surface area (Å²) < 4.78 is 17.5. The lowest BCUT2D eigenvalue weighted by Crippen LogP contribution is -2.30. The number of unbranched alkanes of at least 4 members (excludes halogenated alkanes) is 27. The van der Waals surface area contributed by atoms with Gasteiger partial charge in [0.1, 0.15) is 6.61 Å². The van der Waals surface area contributed by atoms with Crippen LogP contribution in [0.15, 0.2) is 97.2 Å². The van der Waals surface area contributed by atoms with Crippen molar-refractivity contribution < 1.29 is 23.8 Å². The largest absolute Gasteiger partial charge is 0.462 e. The SMILES string of the molecule is CC/C=C\C/C=C\C/C=C\C/C=C\CCCCCCCCC(=O)OCC(COCCCCCCCCCC/C=C\C/C=C\CCCCC)OC(=O)CCCCCCCCC/C=C\C/C=C\CCCCC. The highest BCUT2D eigenvalue weighted by molar-refractivity contribution is 5.70. The van der Waals surface area contributed by atoms with Crippen LogP contribution in [0.4, 0.5) is 0 Å². The van der Waals surface area contributed by atoms with Crippen molar-refractivity contribution >= 4 is 11.9 Å². The van der Waals surface area contributed by atoms with E-state index in [4.69, 9.17) is 14.2 Å². The number of hydrogen-bond acceptors (Lipinski definition) is 5. The normalized spacial score (nSPS) is 12.9. The van der Waals surface area contributed by atoms with Gasteiger partial charge >= 0.3 is 11.9 Å². The molecule has 0 fully saturated rings. The Kier molecular flexibility index (Phi) is 57.4. The standard InChI is InChI=1S/C65H112O5/c1-4-7-10-13-16-19-22-25-28-31-33-35-37-40-43-46-49-52-55-58-64(66)69-62-63(61-68-60-57-54-51-48-45-42-39-36-32-29-26-23-20-17-14-11-8-5-2)70-65(67)59-56-53-50-47-44-41-38-34-30-27-24-21-18-15-12-9-6-3/h7,10,16-21,25-30,33,35,63H,4-6,8-9,11-15,22-24,31-32,34,36-62H2,1-3H3/b10-7-,19-16-,20-17-,21-18-,28-25-,29-26-,30-27-,35-33-. The van der Waals surface area contributed by atoms with Gasteiger partial charge in [0.2, 0.25) is 0 Å². The minimum Gasteiger partial charge on any atom is -0.462 e. The zero-order valence-electron chi connectivity index (χ0n) is 46.3. The van der Waals surface area contributed by atoms with Gasteiger partial charge in [-0.05, 0) is 122 Å². The van der Waals surface area contributed by atoms with Crippen LogP contribution in [0.5, 0.6) is 0 Å². The van der Waals surface area contributed by atoms with Gasteiger partial charge in [0.05, 0.1) is 6.61 Å². The molecule has 0 aliphatic carbocycles.